The van der Waals surface area contributed by atoms with Crippen molar-refractivity contribution in [2.45, 2.75) is 31.4 Å². The van der Waals surface area contributed by atoms with Crippen LogP contribution in [0.3, 0.4) is 0 Å². The number of piperidine rings is 1. The molecule has 0 amide bonds. The van der Waals surface area contributed by atoms with Gasteiger partial charge in [-0.05, 0) is 19.3 Å². The van der Waals surface area contributed by atoms with Gasteiger partial charge in [-0.1, -0.05) is 0 Å². The Balaban J connectivity index is 1.80. The van der Waals surface area contributed by atoms with Crippen molar-refractivity contribution in [2.24, 2.45) is 0 Å². The second-order valence-electron chi connectivity index (χ2n) is 3.78. The van der Waals surface area contributed by atoms with Gasteiger partial charge in [0.2, 0.25) is 0 Å². The van der Waals surface area contributed by atoms with Crippen LogP contribution in [-0.2, 0) is 4.74 Å². The summed E-state index contributed by atoms with van der Waals surface area (Å²) in [6, 6.07) is 0.637. The first kappa shape index (κ1) is 8.48. The summed E-state index contributed by atoms with van der Waals surface area (Å²) in [5.74, 6) is 0. The average molecular weight is 171 g/mol. The molecule has 3 heteroatoms. The SMILES string of the molecule is OC1CCN([C@@H]2CCOC2)CC1. The Morgan fingerprint density at radius 1 is 1.17 bits per heavy atom. The van der Waals surface area contributed by atoms with E-state index in [1.165, 1.54) is 6.42 Å². The summed E-state index contributed by atoms with van der Waals surface area (Å²) in [5.41, 5.74) is 0. The molecule has 0 aromatic heterocycles. The Kier molecular flexibility index (Phi) is 2.63. The Bertz CT molecular complexity index is 137. The highest BCUT2D eigenvalue weighted by molar-refractivity contribution is 4.80. The zero-order valence-electron chi connectivity index (χ0n) is 7.41. The van der Waals surface area contributed by atoms with E-state index < -0.39 is 0 Å². The van der Waals surface area contributed by atoms with Gasteiger partial charge in [-0.15, -0.1) is 0 Å². The molecule has 70 valence electrons. The van der Waals surface area contributed by atoms with Crippen LogP contribution in [0.4, 0.5) is 0 Å². The molecule has 0 spiro atoms. The van der Waals surface area contributed by atoms with E-state index >= 15 is 0 Å². The molecule has 1 N–H and O–H groups in total. The van der Waals surface area contributed by atoms with Gasteiger partial charge in [-0.25, -0.2) is 0 Å². The van der Waals surface area contributed by atoms with Crippen molar-refractivity contribution in [1.82, 2.24) is 4.90 Å². The number of aliphatic hydroxyl groups excluding tert-OH is 1. The van der Waals surface area contributed by atoms with Crippen molar-refractivity contribution < 1.29 is 9.84 Å². The van der Waals surface area contributed by atoms with Crippen LogP contribution in [-0.4, -0.2) is 48.5 Å². The van der Waals surface area contributed by atoms with Crippen molar-refractivity contribution in [3.05, 3.63) is 0 Å². The normalized spacial score (nSPS) is 34.2. The Morgan fingerprint density at radius 2 is 1.92 bits per heavy atom. The van der Waals surface area contributed by atoms with Gasteiger partial charge in [-0.2, -0.15) is 0 Å². The lowest BCUT2D eigenvalue weighted by atomic mass is 10.1. The van der Waals surface area contributed by atoms with Gasteiger partial charge < -0.3 is 9.84 Å². The Labute approximate surface area is 73.3 Å². The molecule has 0 aliphatic carbocycles. The minimum atomic E-state index is -0.0522. The molecule has 1 atom stereocenters. The smallest absolute Gasteiger partial charge is 0.0622 e. The van der Waals surface area contributed by atoms with E-state index in [2.05, 4.69) is 4.90 Å². The quantitative estimate of drug-likeness (QED) is 0.613. The first-order chi connectivity index (χ1) is 5.86. The van der Waals surface area contributed by atoms with Crippen molar-refractivity contribution in [2.75, 3.05) is 26.3 Å². The molecular weight excluding hydrogens is 154 g/mol. The molecule has 0 bridgehead atoms. The van der Waals surface area contributed by atoms with Crippen molar-refractivity contribution in [3.8, 4) is 0 Å². The first-order valence-corrected chi connectivity index (χ1v) is 4.86. The monoisotopic (exact) mass is 171 g/mol. The van der Waals surface area contributed by atoms with E-state index in [-0.39, 0.29) is 6.10 Å². The fourth-order valence-electron chi connectivity index (χ4n) is 2.06. The fourth-order valence-corrected chi connectivity index (χ4v) is 2.06. The summed E-state index contributed by atoms with van der Waals surface area (Å²) >= 11 is 0. The van der Waals surface area contributed by atoms with Crippen molar-refractivity contribution in [3.63, 3.8) is 0 Å². The number of rotatable bonds is 1. The van der Waals surface area contributed by atoms with Crippen LogP contribution in [0.1, 0.15) is 19.3 Å². The molecule has 0 aromatic rings. The van der Waals surface area contributed by atoms with Crippen LogP contribution in [0.15, 0.2) is 0 Å². The lowest BCUT2D eigenvalue weighted by molar-refractivity contribution is 0.0558. The minimum absolute atomic E-state index is 0.0522. The van der Waals surface area contributed by atoms with Gasteiger partial charge in [0.1, 0.15) is 0 Å². The molecule has 0 aromatic carbocycles. The van der Waals surface area contributed by atoms with E-state index in [0.29, 0.717) is 6.04 Å². The molecule has 2 heterocycles. The standard InChI is InChI=1S/C9H17NO2/c11-9-1-4-10(5-2-9)8-3-6-12-7-8/h8-9,11H,1-7H2/t8-/m1/s1. The number of likely N-dealkylation sites (tertiary alicyclic amines) is 1. The topological polar surface area (TPSA) is 32.7 Å². The largest absolute Gasteiger partial charge is 0.393 e. The average Bonchev–Trinajstić information content (AvgIpc) is 2.58. The van der Waals surface area contributed by atoms with Crippen LogP contribution in [0.5, 0.6) is 0 Å². The molecule has 2 aliphatic heterocycles. The van der Waals surface area contributed by atoms with E-state index in [1.54, 1.807) is 0 Å². The maximum Gasteiger partial charge on any atom is 0.0622 e. The van der Waals surface area contributed by atoms with Crippen LogP contribution in [0.25, 0.3) is 0 Å². The van der Waals surface area contributed by atoms with Gasteiger partial charge in [0, 0.05) is 25.7 Å². The van der Waals surface area contributed by atoms with Gasteiger partial charge in [-0.3, -0.25) is 4.90 Å². The predicted molar refractivity (Wildman–Crippen MR) is 46.0 cm³/mol. The number of ether oxygens (including phenoxy) is 1. The minimum Gasteiger partial charge on any atom is -0.393 e. The highest BCUT2D eigenvalue weighted by Gasteiger charge is 2.26. The molecule has 2 rings (SSSR count). The van der Waals surface area contributed by atoms with Gasteiger partial charge in [0.05, 0.1) is 12.7 Å². The third kappa shape index (κ3) is 1.79. The van der Waals surface area contributed by atoms with Gasteiger partial charge >= 0.3 is 0 Å². The summed E-state index contributed by atoms with van der Waals surface area (Å²) in [6.45, 7) is 3.92. The van der Waals surface area contributed by atoms with Crippen molar-refractivity contribution in [1.29, 1.82) is 0 Å². The van der Waals surface area contributed by atoms with Crippen LogP contribution < -0.4 is 0 Å². The van der Waals surface area contributed by atoms with Crippen LogP contribution in [0.2, 0.25) is 0 Å². The summed E-state index contributed by atoms with van der Waals surface area (Å²) in [4.78, 5) is 2.46. The predicted octanol–water partition coefficient (Wildman–Crippen LogP) is 0.232. The fraction of sp³-hybridized carbons (Fsp3) is 1.00. The highest BCUT2D eigenvalue weighted by atomic mass is 16.5. The maximum absolute atomic E-state index is 9.31. The van der Waals surface area contributed by atoms with Gasteiger partial charge in [0.25, 0.3) is 0 Å². The highest BCUT2D eigenvalue weighted by Crippen LogP contribution is 2.18. The Morgan fingerprint density at radius 3 is 2.50 bits per heavy atom. The van der Waals surface area contributed by atoms with E-state index in [4.69, 9.17) is 4.74 Å². The van der Waals surface area contributed by atoms with E-state index in [0.717, 1.165) is 39.1 Å². The Hall–Kier alpha value is -0.120. The van der Waals surface area contributed by atoms with Gasteiger partial charge in [0.15, 0.2) is 0 Å². The third-order valence-corrected chi connectivity index (χ3v) is 2.92. The lowest BCUT2D eigenvalue weighted by Crippen LogP contribution is -2.43. The van der Waals surface area contributed by atoms with Crippen LogP contribution >= 0.6 is 0 Å². The molecule has 0 radical (unpaired) electrons. The number of hydrogen-bond acceptors (Lipinski definition) is 3. The summed E-state index contributed by atoms with van der Waals surface area (Å²) < 4.78 is 5.33. The third-order valence-electron chi connectivity index (χ3n) is 2.92. The van der Waals surface area contributed by atoms with Crippen molar-refractivity contribution >= 4 is 0 Å². The molecule has 2 fully saturated rings. The zero-order valence-corrected chi connectivity index (χ0v) is 7.41. The molecular formula is C9H17NO2. The molecule has 2 aliphatic rings. The number of nitrogens with zero attached hydrogens (tertiary/aromatic N) is 1. The molecule has 2 saturated heterocycles. The van der Waals surface area contributed by atoms with E-state index in [1.807, 2.05) is 0 Å². The lowest BCUT2D eigenvalue weighted by Gasteiger charge is -2.33. The second kappa shape index (κ2) is 3.73. The molecule has 0 saturated carbocycles. The second-order valence-corrected chi connectivity index (χ2v) is 3.78. The maximum atomic E-state index is 9.31. The number of aliphatic hydroxyl groups is 1. The molecule has 0 unspecified atom stereocenters. The zero-order chi connectivity index (χ0) is 8.39. The van der Waals surface area contributed by atoms with E-state index in [9.17, 15) is 5.11 Å². The van der Waals surface area contributed by atoms with Crippen LogP contribution in [0, 0.1) is 0 Å². The molecule has 12 heavy (non-hydrogen) atoms. The summed E-state index contributed by atoms with van der Waals surface area (Å²) in [6.07, 6.45) is 3.01. The first-order valence-electron chi connectivity index (χ1n) is 4.86. The molecule has 3 nitrogen and oxygen atoms in total. The summed E-state index contributed by atoms with van der Waals surface area (Å²) in [7, 11) is 0. The summed E-state index contributed by atoms with van der Waals surface area (Å²) in [5, 5.41) is 9.31. The number of hydrogen-bond donors (Lipinski definition) is 1.